The smallest absolute Gasteiger partial charge is 0.00142 e. The molecule has 0 bridgehead atoms. The van der Waals surface area contributed by atoms with Gasteiger partial charge in [0.2, 0.25) is 0 Å². The van der Waals surface area contributed by atoms with Crippen LogP contribution in [0.15, 0.2) is 11.1 Å². The molecule has 0 spiro atoms. The van der Waals surface area contributed by atoms with Crippen molar-refractivity contribution in [3.63, 3.8) is 0 Å². The molecule has 1 saturated heterocycles. The third kappa shape index (κ3) is 1.52. The normalized spacial score (nSPS) is 37.7. The van der Waals surface area contributed by atoms with Gasteiger partial charge in [-0.1, -0.05) is 11.1 Å². The molecule has 3 rings (SSSR count). The molecular formula is C13H21N. The van der Waals surface area contributed by atoms with Crippen LogP contribution in [0.4, 0.5) is 0 Å². The summed E-state index contributed by atoms with van der Waals surface area (Å²) in [6.07, 6.45) is 10.1. The van der Waals surface area contributed by atoms with Gasteiger partial charge >= 0.3 is 0 Å². The molecule has 1 N–H and O–H groups in total. The van der Waals surface area contributed by atoms with Crippen molar-refractivity contribution in [2.24, 2.45) is 11.8 Å². The fourth-order valence-electron chi connectivity index (χ4n) is 3.62. The van der Waals surface area contributed by atoms with Crippen LogP contribution < -0.4 is 5.32 Å². The molecule has 3 aliphatic rings. The van der Waals surface area contributed by atoms with Crippen LogP contribution >= 0.6 is 0 Å². The Kier molecular flexibility index (Phi) is 2.36. The van der Waals surface area contributed by atoms with Gasteiger partial charge in [0.1, 0.15) is 0 Å². The molecule has 1 nitrogen and oxygen atoms in total. The van der Waals surface area contributed by atoms with Crippen LogP contribution in [0, 0.1) is 11.8 Å². The fourth-order valence-corrected chi connectivity index (χ4v) is 3.62. The zero-order chi connectivity index (χ0) is 9.38. The molecule has 1 aliphatic heterocycles. The van der Waals surface area contributed by atoms with Gasteiger partial charge in [0.05, 0.1) is 0 Å². The maximum absolute atomic E-state index is 3.55. The third-order valence-corrected chi connectivity index (χ3v) is 4.51. The maximum Gasteiger partial charge on any atom is -0.00142 e. The molecule has 1 heteroatoms. The van der Waals surface area contributed by atoms with Crippen LogP contribution in [0.1, 0.15) is 44.9 Å². The van der Waals surface area contributed by atoms with Gasteiger partial charge in [-0.25, -0.2) is 0 Å². The molecule has 2 unspecified atom stereocenters. The van der Waals surface area contributed by atoms with Gasteiger partial charge in [0.25, 0.3) is 0 Å². The second-order valence-corrected chi connectivity index (χ2v) is 5.34. The second-order valence-electron chi connectivity index (χ2n) is 5.34. The zero-order valence-corrected chi connectivity index (χ0v) is 9.02. The highest BCUT2D eigenvalue weighted by molar-refractivity contribution is 5.20. The fraction of sp³-hybridized carbons (Fsp3) is 0.846. The molecule has 0 aromatic heterocycles. The van der Waals surface area contributed by atoms with E-state index < -0.39 is 0 Å². The number of hydrogen-bond acceptors (Lipinski definition) is 1. The first-order valence-corrected chi connectivity index (χ1v) is 6.34. The lowest BCUT2D eigenvalue weighted by Crippen LogP contribution is -2.19. The lowest BCUT2D eigenvalue weighted by Gasteiger charge is -2.27. The Labute approximate surface area is 87.0 Å². The van der Waals surface area contributed by atoms with Crippen molar-refractivity contribution in [1.82, 2.24) is 5.32 Å². The van der Waals surface area contributed by atoms with E-state index in [2.05, 4.69) is 5.32 Å². The molecule has 78 valence electrons. The number of rotatable bonds is 0. The summed E-state index contributed by atoms with van der Waals surface area (Å²) in [6.45, 7) is 2.59. The van der Waals surface area contributed by atoms with Gasteiger partial charge in [-0.15, -0.1) is 0 Å². The molecule has 1 heterocycles. The topological polar surface area (TPSA) is 12.0 Å². The lowest BCUT2D eigenvalue weighted by molar-refractivity contribution is 0.347. The lowest BCUT2D eigenvalue weighted by atomic mass is 9.77. The van der Waals surface area contributed by atoms with E-state index in [1.54, 1.807) is 0 Å². The van der Waals surface area contributed by atoms with Gasteiger partial charge in [-0.05, 0) is 69.9 Å². The summed E-state index contributed by atoms with van der Waals surface area (Å²) in [4.78, 5) is 0. The van der Waals surface area contributed by atoms with Crippen LogP contribution in [0.5, 0.6) is 0 Å². The van der Waals surface area contributed by atoms with Crippen molar-refractivity contribution in [1.29, 1.82) is 0 Å². The Morgan fingerprint density at radius 2 is 1.64 bits per heavy atom. The van der Waals surface area contributed by atoms with Gasteiger partial charge < -0.3 is 5.32 Å². The molecule has 2 aliphatic carbocycles. The average molecular weight is 191 g/mol. The number of allylic oxidation sites excluding steroid dienone is 2. The van der Waals surface area contributed by atoms with E-state index in [1.807, 2.05) is 11.1 Å². The van der Waals surface area contributed by atoms with Crippen molar-refractivity contribution in [3.05, 3.63) is 11.1 Å². The first-order chi connectivity index (χ1) is 6.93. The van der Waals surface area contributed by atoms with Crippen LogP contribution in [0.2, 0.25) is 0 Å². The molecule has 14 heavy (non-hydrogen) atoms. The van der Waals surface area contributed by atoms with E-state index in [0.29, 0.717) is 0 Å². The van der Waals surface area contributed by atoms with Crippen LogP contribution in [-0.4, -0.2) is 13.1 Å². The number of fused-ring (bicyclic) bond motifs is 1. The van der Waals surface area contributed by atoms with Crippen molar-refractivity contribution >= 4 is 0 Å². The second kappa shape index (κ2) is 3.69. The molecular weight excluding hydrogens is 170 g/mol. The molecule has 0 radical (unpaired) electrons. The Morgan fingerprint density at radius 1 is 0.857 bits per heavy atom. The minimum atomic E-state index is 0.992. The summed E-state index contributed by atoms with van der Waals surface area (Å²) in [5.41, 5.74) is 3.72. The molecule has 3 fully saturated rings. The van der Waals surface area contributed by atoms with Gasteiger partial charge in [0.15, 0.2) is 0 Å². The first kappa shape index (κ1) is 8.96. The highest BCUT2D eigenvalue weighted by Gasteiger charge is 2.32. The zero-order valence-electron chi connectivity index (χ0n) is 9.02. The first-order valence-electron chi connectivity index (χ1n) is 6.34. The van der Waals surface area contributed by atoms with E-state index >= 15 is 0 Å². The molecule has 2 saturated carbocycles. The monoisotopic (exact) mass is 191 g/mol. The van der Waals surface area contributed by atoms with Gasteiger partial charge in [-0.3, -0.25) is 0 Å². The minimum Gasteiger partial charge on any atom is -0.316 e. The highest BCUT2D eigenvalue weighted by Crippen LogP contribution is 2.40. The highest BCUT2D eigenvalue weighted by atomic mass is 14.9. The van der Waals surface area contributed by atoms with E-state index in [0.717, 1.165) is 11.8 Å². The van der Waals surface area contributed by atoms with Gasteiger partial charge in [-0.2, -0.15) is 0 Å². The summed E-state index contributed by atoms with van der Waals surface area (Å²) < 4.78 is 0. The standard InChI is InChI=1S/C13H21N/c1-2-4-10(3-1)11-5-6-12-8-14-9-13(12)7-11/h12-14H,1-9H2. The maximum atomic E-state index is 3.55. The quantitative estimate of drug-likeness (QED) is 0.581. The van der Waals surface area contributed by atoms with E-state index in [4.69, 9.17) is 0 Å². The summed E-state index contributed by atoms with van der Waals surface area (Å²) in [6, 6.07) is 0. The van der Waals surface area contributed by atoms with E-state index in [9.17, 15) is 0 Å². The van der Waals surface area contributed by atoms with E-state index in [-0.39, 0.29) is 0 Å². The molecule has 2 atom stereocenters. The minimum absolute atomic E-state index is 0.992. The Morgan fingerprint density at radius 3 is 2.50 bits per heavy atom. The Balaban J connectivity index is 1.74. The molecule has 0 amide bonds. The van der Waals surface area contributed by atoms with E-state index in [1.165, 1.54) is 58.0 Å². The SMILES string of the molecule is C1CCC(=C2CCC3CNCC3C2)C1. The van der Waals surface area contributed by atoms with Crippen molar-refractivity contribution < 1.29 is 0 Å². The average Bonchev–Trinajstić information content (AvgIpc) is 2.88. The predicted molar refractivity (Wildman–Crippen MR) is 59.2 cm³/mol. The Bertz CT molecular complexity index is 246. The predicted octanol–water partition coefficient (Wildman–Crippen LogP) is 2.88. The van der Waals surface area contributed by atoms with Crippen LogP contribution in [0.3, 0.4) is 0 Å². The largest absolute Gasteiger partial charge is 0.316 e. The van der Waals surface area contributed by atoms with Crippen molar-refractivity contribution in [2.45, 2.75) is 44.9 Å². The Hall–Kier alpha value is -0.300. The van der Waals surface area contributed by atoms with Crippen molar-refractivity contribution in [3.8, 4) is 0 Å². The number of hydrogen-bond donors (Lipinski definition) is 1. The summed E-state index contributed by atoms with van der Waals surface area (Å²) >= 11 is 0. The summed E-state index contributed by atoms with van der Waals surface area (Å²) in [5.74, 6) is 2.01. The summed E-state index contributed by atoms with van der Waals surface area (Å²) in [5, 5.41) is 3.55. The van der Waals surface area contributed by atoms with Gasteiger partial charge in [0, 0.05) is 0 Å². The molecule has 0 aromatic carbocycles. The van der Waals surface area contributed by atoms with Crippen LogP contribution in [-0.2, 0) is 0 Å². The number of nitrogens with one attached hydrogen (secondary N) is 1. The summed E-state index contributed by atoms with van der Waals surface area (Å²) in [7, 11) is 0. The third-order valence-electron chi connectivity index (χ3n) is 4.51. The van der Waals surface area contributed by atoms with Crippen LogP contribution in [0.25, 0.3) is 0 Å². The van der Waals surface area contributed by atoms with Crippen molar-refractivity contribution in [2.75, 3.05) is 13.1 Å². The molecule has 0 aromatic rings.